The van der Waals surface area contributed by atoms with Crippen molar-refractivity contribution < 1.29 is 9.59 Å². The van der Waals surface area contributed by atoms with Crippen LogP contribution in [0.4, 0.5) is 0 Å². The Morgan fingerprint density at radius 2 is 1.85 bits per heavy atom. The number of likely N-dealkylation sites (N-methyl/N-ethyl adjacent to an activating group) is 1. The predicted molar refractivity (Wildman–Crippen MR) is 73.6 cm³/mol. The summed E-state index contributed by atoms with van der Waals surface area (Å²) in [5.41, 5.74) is 2.53. The smallest absolute Gasteiger partial charge is 0.242 e. The largest absolute Gasteiger partial charge is 0.332 e. The first-order valence-electron chi connectivity index (χ1n) is 6.60. The number of carbonyl (C=O) groups excluding carboxylic acids is 2. The molecule has 5 heteroatoms. The van der Waals surface area contributed by atoms with E-state index < -0.39 is 0 Å². The van der Waals surface area contributed by atoms with Crippen LogP contribution in [0.1, 0.15) is 23.6 Å². The van der Waals surface area contributed by atoms with Gasteiger partial charge in [0.1, 0.15) is 6.54 Å². The van der Waals surface area contributed by atoms with Crippen molar-refractivity contribution in [2.45, 2.75) is 20.4 Å². The van der Waals surface area contributed by atoms with Gasteiger partial charge >= 0.3 is 0 Å². The Bertz CT molecular complexity index is 589. The molecule has 1 fully saturated rings. The van der Waals surface area contributed by atoms with Gasteiger partial charge in [0.25, 0.3) is 0 Å². The Hall–Kier alpha value is -2.35. The molecule has 1 aromatic carbocycles. The maximum absolute atomic E-state index is 12.0. The monoisotopic (exact) mass is 271 g/mol. The third-order valence-electron chi connectivity index (χ3n) is 3.57. The summed E-state index contributed by atoms with van der Waals surface area (Å²) in [4.78, 5) is 27.0. The number of nitrogens with zero attached hydrogens (tertiary/aromatic N) is 3. The first-order chi connectivity index (χ1) is 9.55. The maximum atomic E-state index is 12.0. The Morgan fingerprint density at radius 3 is 2.45 bits per heavy atom. The zero-order chi connectivity index (χ0) is 14.7. The topological polar surface area (TPSA) is 64.4 Å². The second-order valence-electron chi connectivity index (χ2n) is 4.91. The first-order valence-corrected chi connectivity index (χ1v) is 6.60. The van der Waals surface area contributed by atoms with Crippen LogP contribution in [0, 0.1) is 18.3 Å². The van der Waals surface area contributed by atoms with Gasteiger partial charge in [0.15, 0.2) is 0 Å². The summed E-state index contributed by atoms with van der Waals surface area (Å²) in [7, 11) is 0. The molecule has 1 aliphatic rings. The van der Waals surface area contributed by atoms with Crippen LogP contribution in [0.25, 0.3) is 0 Å². The van der Waals surface area contributed by atoms with E-state index in [0.29, 0.717) is 18.7 Å². The highest BCUT2D eigenvalue weighted by Crippen LogP contribution is 2.15. The van der Waals surface area contributed by atoms with Crippen LogP contribution in [0.15, 0.2) is 18.2 Å². The van der Waals surface area contributed by atoms with Crippen LogP contribution in [-0.2, 0) is 16.1 Å². The summed E-state index contributed by atoms with van der Waals surface area (Å²) in [6, 6.07) is 7.46. The second kappa shape index (κ2) is 5.74. The summed E-state index contributed by atoms with van der Waals surface area (Å²) in [6.07, 6.45) is 0. The molecule has 0 N–H and O–H groups in total. The quantitative estimate of drug-likeness (QED) is 0.825. The molecular weight excluding hydrogens is 254 g/mol. The minimum absolute atomic E-state index is 0.0154. The van der Waals surface area contributed by atoms with E-state index in [0.717, 1.165) is 11.1 Å². The molecule has 104 valence electrons. The fraction of sp³-hybridized carbons (Fsp3) is 0.400. The first kappa shape index (κ1) is 14.1. The molecule has 20 heavy (non-hydrogen) atoms. The molecule has 5 nitrogen and oxygen atoms in total. The fourth-order valence-corrected chi connectivity index (χ4v) is 2.28. The molecule has 0 radical (unpaired) electrons. The third kappa shape index (κ3) is 2.80. The molecule has 1 saturated heterocycles. The predicted octanol–water partition coefficient (Wildman–Crippen LogP) is 1.06. The van der Waals surface area contributed by atoms with Gasteiger partial charge in [-0.05, 0) is 37.1 Å². The van der Waals surface area contributed by atoms with Crippen molar-refractivity contribution in [1.82, 2.24) is 9.80 Å². The molecule has 0 aromatic heterocycles. The molecule has 1 aliphatic heterocycles. The molecule has 1 heterocycles. The van der Waals surface area contributed by atoms with Gasteiger partial charge in [0, 0.05) is 13.1 Å². The summed E-state index contributed by atoms with van der Waals surface area (Å²) in [6.45, 7) is 5.04. The number of rotatable bonds is 3. The number of nitriles is 1. The highest BCUT2D eigenvalue weighted by Gasteiger charge is 2.28. The summed E-state index contributed by atoms with van der Waals surface area (Å²) < 4.78 is 0. The van der Waals surface area contributed by atoms with Crippen molar-refractivity contribution in [2.24, 2.45) is 0 Å². The fourth-order valence-electron chi connectivity index (χ4n) is 2.28. The van der Waals surface area contributed by atoms with Gasteiger partial charge in [-0.3, -0.25) is 9.59 Å². The number of aryl methyl sites for hydroxylation is 1. The number of amides is 2. The summed E-state index contributed by atoms with van der Waals surface area (Å²) >= 11 is 0. The summed E-state index contributed by atoms with van der Waals surface area (Å²) in [5.74, 6) is -0.0476. The van der Waals surface area contributed by atoms with Crippen molar-refractivity contribution in [1.29, 1.82) is 5.26 Å². The van der Waals surface area contributed by atoms with Gasteiger partial charge in [0.2, 0.25) is 11.8 Å². The van der Waals surface area contributed by atoms with Crippen molar-refractivity contribution in [2.75, 3.05) is 19.6 Å². The van der Waals surface area contributed by atoms with Crippen LogP contribution in [0.2, 0.25) is 0 Å². The Morgan fingerprint density at radius 1 is 1.20 bits per heavy atom. The van der Waals surface area contributed by atoms with Crippen LogP contribution in [0.5, 0.6) is 0 Å². The Balaban J connectivity index is 2.13. The Labute approximate surface area is 118 Å². The van der Waals surface area contributed by atoms with Crippen LogP contribution >= 0.6 is 0 Å². The molecule has 2 rings (SSSR count). The Kier molecular flexibility index (Phi) is 4.04. The lowest BCUT2D eigenvalue weighted by Crippen LogP contribution is -2.53. The van der Waals surface area contributed by atoms with Gasteiger partial charge < -0.3 is 9.80 Å². The lowest BCUT2D eigenvalue weighted by atomic mass is 10.0. The van der Waals surface area contributed by atoms with Crippen LogP contribution in [0.3, 0.4) is 0 Å². The zero-order valence-corrected chi connectivity index (χ0v) is 11.7. The number of piperazine rings is 1. The molecule has 0 unspecified atom stereocenters. The zero-order valence-electron chi connectivity index (χ0n) is 11.7. The van der Waals surface area contributed by atoms with Gasteiger partial charge in [-0.1, -0.05) is 6.07 Å². The van der Waals surface area contributed by atoms with Crippen molar-refractivity contribution in [3.63, 3.8) is 0 Å². The van der Waals surface area contributed by atoms with E-state index in [1.165, 1.54) is 0 Å². The number of hydrogen-bond acceptors (Lipinski definition) is 3. The molecule has 0 aliphatic carbocycles. The number of hydrogen-bond donors (Lipinski definition) is 0. The highest BCUT2D eigenvalue weighted by molar-refractivity contribution is 5.92. The molecule has 0 saturated carbocycles. The average molecular weight is 271 g/mol. The molecule has 1 aromatic rings. The van der Waals surface area contributed by atoms with Gasteiger partial charge in [-0.2, -0.15) is 5.26 Å². The lowest BCUT2D eigenvalue weighted by Gasteiger charge is -2.33. The van der Waals surface area contributed by atoms with E-state index >= 15 is 0 Å². The van der Waals surface area contributed by atoms with Crippen molar-refractivity contribution in [3.8, 4) is 6.07 Å². The molecule has 2 amide bonds. The third-order valence-corrected chi connectivity index (χ3v) is 3.57. The van der Waals surface area contributed by atoms with Crippen LogP contribution in [-0.4, -0.2) is 41.2 Å². The normalized spacial score (nSPS) is 15.4. The van der Waals surface area contributed by atoms with E-state index in [2.05, 4.69) is 6.07 Å². The minimum Gasteiger partial charge on any atom is -0.332 e. The maximum Gasteiger partial charge on any atom is 0.242 e. The number of carbonyl (C=O) groups is 2. The van der Waals surface area contributed by atoms with E-state index in [4.69, 9.17) is 5.26 Å². The van der Waals surface area contributed by atoms with E-state index in [1.807, 2.05) is 19.9 Å². The lowest BCUT2D eigenvalue weighted by molar-refractivity contribution is -0.150. The number of benzene rings is 1. The summed E-state index contributed by atoms with van der Waals surface area (Å²) in [5, 5.41) is 8.84. The molecule has 0 spiro atoms. The van der Waals surface area contributed by atoms with Crippen molar-refractivity contribution in [3.05, 3.63) is 34.9 Å². The standard InChI is InChI=1S/C15H17N3O2/c1-3-17-9-15(20)18(10-14(17)19)8-13-5-4-12(7-16)6-11(13)2/h4-6H,3,8-10H2,1-2H3. The SMILES string of the molecule is CCN1CC(=O)N(Cc2ccc(C#N)cc2C)CC1=O. The molecular formula is C15H17N3O2. The average Bonchev–Trinajstić information content (AvgIpc) is 2.44. The molecule has 0 atom stereocenters. The minimum atomic E-state index is -0.0322. The van der Waals surface area contributed by atoms with Crippen LogP contribution < -0.4 is 0 Å². The van der Waals surface area contributed by atoms with E-state index in [-0.39, 0.29) is 24.9 Å². The molecule has 0 bridgehead atoms. The van der Waals surface area contributed by atoms with Gasteiger partial charge in [-0.15, -0.1) is 0 Å². The van der Waals surface area contributed by atoms with Gasteiger partial charge in [0.05, 0.1) is 18.2 Å². The van der Waals surface area contributed by atoms with Crippen molar-refractivity contribution >= 4 is 11.8 Å². The highest BCUT2D eigenvalue weighted by atomic mass is 16.2. The van der Waals surface area contributed by atoms with Gasteiger partial charge in [-0.25, -0.2) is 0 Å². The van der Waals surface area contributed by atoms with E-state index in [1.54, 1.807) is 21.9 Å². The second-order valence-corrected chi connectivity index (χ2v) is 4.91. The van der Waals surface area contributed by atoms with E-state index in [9.17, 15) is 9.59 Å².